The predicted molar refractivity (Wildman–Crippen MR) is 84.2 cm³/mol. The van der Waals surface area contributed by atoms with Crippen LogP contribution in [0.1, 0.15) is 5.69 Å². The van der Waals surface area contributed by atoms with E-state index in [1.54, 1.807) is 7.11 Å². The van der Waals surface area contributed by atoms with Gasteiger partial charge in [-0.25, -0.2) is 0 Å². The molecule has 0 aliphatic carbocycles. The zero-order chi connectivity index (χ0) is 15.0. The van der Waals surface area contributed by atoms with Crippen LogP contribution in [-0.2, 0) is 0 Å². The summed E-state index contributed by atoms with van der Waals surface area (Å²) in [4.78, 5) is 4.39. The van der Waals surface area contributed by atoms with Crippen molar-refractivity contribution in [2.45, 2.75) is 6.92 Å². The standard InChI is InChI=1S/C13H11BrN4O2S/c1-6-10(11(15)21-18-6)13-16-12(17-20-13)7-3-4-9(19-2)8(14)5-7/h3-5H,15H2,1-2H3. The molecular weight excluding hydrogens is 356 g/mol. The van der Waals surface area contributed by atoms with Crippen molar-refractivity contribution < 1.29 is 9.26 Å². The van der Waals surface area contributed by atoms with Gasteiger partial charge in [-0.15, -0.1) is 0 Å². The topological polar surface area (TPSA) is 87.1 Å². The number of hydrogen-bond acceptors (Lipinski definition) is 7. The molecule has 2 heterocycles. The lowest BCUT2D eigenvalue weighted by Gasteiger charge is -2.03. The average Bonchev–Trinajstić information content (AvgIpc) is 3.06. The van der Waals surface area contributed by atoms with Crippen molar-refractivity contribution in [3.8, 4) is 28.6 Å². The van der Waals surface area contributed by atoms with E-state index >= 15 is 0 Å². The van der Waals surface area contributed by atoms with E-state index in [0.717, 1.165) is 21.5 Å². The van der Waals surface area contributed by atoms with E-state index in [4.69, 9.17) is 15.0 Å². The van der Waals surface area contributed by atoms with Gasteiger partial charge in [0.1, 0.15) is 10.8 Å². The number of ether oxygens (including phenoxy) is 1. The van der Waals surface area contributed by atoms with Gasteiger partial charge in [0.05, 0.1) is 22.8 Å². The van der Waals surface area contributed by atoms with Gasteiger partial charge in [0.2, 0.25) is 5.82 Å². The number of aromatic nitrogens is 3. The van der Waals surface area contributed by atoms with Gasteiger partial charge in [0.15, 0.2) is 0 Å². The molecule has 0 radical (unpaired) electrons. The molecule has 0 atom stereocenters. The Labute approximate surface area is 133 Å². The Morgan fingerprint density at radius 3 is 2.81 bits per heavy atom. The second kappa shape index (κ2) is 5.45. The molecule has 108 valence electrons. The van der Waals surface area contributed by atoms with Gasteiger partial charge in [0, 0.05) is 5.56 Å². The lowest BCUT2D eigenvalue weighted by Crippen LogP contribution is -1.88. The molecule has 0 aliphatic rings. The Balaban J connectivity index is 2.01. The van der Waals surface area contributed by atoms with Crippen LogP contribution in [-0.4, -0.2) is 21.6 Å². The molecule has 3 aromatic rings. The summed E-state index contributed by atoms with van der Waals surface area (Å²) >= 11 is 4.65. The first-order chi connectivity index (χ1) is 10.1. The number of nitrogens with two attached hydrogens (primary N) is 1. The predicted octanol–water partition coefficient (Wildman–Crippen LogP) is 3.52. The highest BCUT2D eigenvalue weighted by Crippen LogP contribution is 2.33. The maximum Gasteiger partial charge on any atom is 0.263 e. The van der Waals surface area contributed by atoms with E-state index in [0.29, 0.717) is 22.3 Å². The van der Waals surface area contributed by atoms with Crippen molar-refractivity contribution in [2.24, 2.45) is 0 Å². The Bertz CT molecular complexity index is 780. The van der Waals surface area contributed by atoms with Crippen LogP contribution in [0.25, 0.3) is 22.8 Å². The van der Waals surface area contributed by atoms with E-state index in [9.17, 15) is 0 Å². The third-order valence-corrected chi connectivity index (χ3v) is 4.32. The molecule has 2 N–H and O–H groups in total. The number of nitrogens with zero attached hydrogens (tertiary/aromatic N) is 3. The number of rotatable bonds is 3. The number of methoxy groups -OCH3 is 1. The molecule has 0 saturated heterocycles. The van der Waals surface area contributed by atoms with Gasteiger partial charge in [-0.2, -0.15) is 9.36 Å². The minimum absolute atomic E-state index is 0.376. The molecule has 0 saturated carbocycles. The van der Waals surface area contributed by atoms with Crippen LogP contribution in [0.2, 0.25) is 0 Å². The van der Waals surface area contributed by atoms with E-state index in [1.165, 1.54) is 11.5 Å². The van der Waals surface area contributed by atoms with E-state index in [1.807, 2.05) is 25.1 Å². The first kappa shape index (κ1) is 14.0. The fourth-order valence-corrected chi connectivity index (χ4v) is 3.09. The van der Waals surface area contributed by atoms with Gasteiger partial charge in [-0.3, -0.25) is 0 Å². The van der Waals surface area contributed by atoms with Crippen LogP contribution in [0, 0.1) is 6.92 Å². The number of nitrogen functional groups attached to an aromatic ring is 1. The van der Waals surface area contributed by atoms with E-state index < -0.39 is 0 Å². The first-order valence-electron chi connectivity index (χ1n) is 6.00. The molecule has 0 fully saturated rings. The molecule has 2 aromatic heterocycles. The Morgan fingerprint density at radius 1 is 1.38 bits per heavy atom. The minimum atomic E-state index is 0.376. The number of anilines is 1. The zero-order valence-electron chi connectivity index (χ0n) is 11.3. The fraction of sp³-hybridized carbons (Fsp3) is 0.154. The molecule has 0 aliphatic heterocycles. The number of halogens is 1. The number of aryl methyl sites for hydroxylation is 1. The first-order valence-corrected chi connectivity index (χ1v) is 7.56. The van der Waals surface area contributed by atoms with Crippen LogP contribution in [0.15, 0.2) is 27.2 Å². The lowest BCUT2D eigenvalue weighted by molar-refractivity contribution is 0.412. The summed E-state index contributed by atoms with van der Waals surface area (Å²) in [5.41, 5.74) is 8.19. The van der Waals surface area contributed by atoms with Crippen LogP contribution in [0.5, 0.6) is 5.75 Å². The van der Waals surface area contributed by atoms with Crippen LogP contribution in [0.4, 0.5) is 5.00 Å². The van der Waals surface area contributed by atoms with Gasteiger partial charge >= 0.3 is 0 Å². The monoisotopic (exact) mass is 366 g/mol. The molecule has 0 bridgehead atoms. The Kier molecular flexibility index (Phi) is 3.64. The Hall–Kier alpha value is -1.93. The van der Waals surface area contributed by atoms with Gasteiger partial charge in [-0.1, -0.05) is 5.16 Å². The molecule has 0 spiro atoms. The second-order valence-electron chi connectivity index (χ2n) is 4.28. The number of hydrogen-bond donors (Lipinski definition) is 1. The maximum absolute atomic E-state index is 5.89. The summed E-state index contributed by atoms with van der Waals surface area (Å²) in [5, 5.41) is 4.56. The molecule has 0 amide bonds. The Morgan fingerprint density at radius 2 is 2.19 bits per heavy atom. The third kappa shape index (κ3) is 2.52. The quantitative estimate of drug-likeness (QED) is 0.762. The lowest BCUT2D eigenvalue weighted by atomic mass is 10.2. The van der Waals surface area contributed by atoms with Crippen LogP contribution in [0.3, 0.4) is 0 Å². The van der Waals surface area contributed by atoms with Gasteiger partial charge in [0.25, 0.3) is 5.89 Å². The van der Waals surface area contributed by atoms with Crippen LogP contribution >= 0.6 is 27.5 Å². The summed E-state index contributed by atoms with van der Waals surface area (Å²) in [6.45, 7) is 1.86. The highest BCUT2D eigenvalue weighted by molar-refractivity contribution is 9.10. The summed E-state index contributed by atoms with van der Waals surface area (Å²) in [6.07, 6.45) is 0. The van der Waals surface area contributed by atoms with E-state index in [-0.39, 0.29) is 0 Å². The normalized spacial score (nSPS) is 10.8. The molecule has 21 heavy (non-hydrogen) atoms. The summed E-state index contributed by atoms with van der Waals surface area (Å²) in [5.74, 6) is 1.60. The summed E-state index contributed by atoms with van der Waals surface area (Å²) in [7, 11) is 1.61. The molecular formula is C13H11BrN4O2S. The third-order valence-electron chi connectivity index (χ3n) is 2.94. The van der Waals surface area contributed by atoms with Crippen molar-refractivity contribution >= 4 is 32.5 Å². The highest BCUT2D eigenvalue weighted by atomic mass is 79.9. The molecule has 1 aromatic carbocycles. The van der Waals surface area contributed by atoms with Crippen molar-refractivity contribution in [3.05, 3.63) is 28.4 Å². The molecule has 6 nitrogen and oxygen atoms in total. The van der Waals surface area contributed by atoms with Gasteiger partial charge in [-0.05, 0) is 52.6 Å². The average molecular weight is 367 g/mol. The van der Waals surface area contributed by atoms with Crippen molar-refractivity contribution in [1.29, 1.82) is 0 Å². The maximum atomic E-state index is 5.89. The molecule has 0 unspecified atom stereocenters. The zero-order valence-corrected chi connectivity index (χ0v) is 13.7. The smallest absolute Gasteiger partial charge is 0.263 e. The fourth-order valence-electron chi connectivity index (χ4n) is 1.90. The minimum Gasteiger partial charge on any atom is -0.496 e. The summed E-state index contributed by atoms with van der Waals surface area (Å²) in [6, 6.07) is 5.57. The van der Waals surface area contributed by atoms with Crippen molar-refractivity contribution in [3.63, 3.8) is 0 Å². The van der Waals surface area contributed by atoms with E-state index in [2.05, 4.69) is 30.4 Å². The van der Waals surface area contributed by atoms with Gasteiger partial charge < -0.3 is 15.0 Å². The van der Waals surface area contributed by atoms with Crippen LogP contribution < -0.4 is 10.5 Å². The SMILES string of the molecule is COc1ccc(-c2noc(-c3c(C)nsc3N)n2)cc1Br. The molecule has 8 heteroatoms. The number of benzene rings is 1. The molecule has 3 rings (SSSR count). The van der Waals surface area contributed by atoms with Crippen molar-refractivity contribution in [2.75, 3.05) is 12.8 Å². The summed E-state index contributed by atoms with van der Waals surface area (Å²) < 4.78 is 15.5. The largest absolute Gasteiger partial charge is 0.496 e. The highest BCUT2D eigenvalue weighted by Gasteiger charge is 2.18. The second-order valence-corrected chi connectivity index (χ2v) is 5.94. The van der Waals surface area contributed by atoms with Crippen molar-refractivity contribution in [1.82, 2.24) is 14.5 Å².